The molecule has 5 heteroatoms. The van der Waals surface area contributed by atoms with Crippen LogP contribution in [-0.4, -0.2) is 28.2 Å². The second kappa shape index (κ2) is 5.65. The van der Waals surface area contributed by atoms with Gasteiger partial charge in [-0.2, -0.15) is 0 Å². The summed E-state index contributed by atoms with van der Waals surface area (Å²) in [7, 11) is 1.68. The number of aromatic nitrogens is 2. The molecule has 0 amide bonds. The van der Waals surface area contributed by atoms with Crippen LogP contribution in [0.3, 0.4) is 0 Å². The number of ether oxygens (including phenoxy) is 1. The quantitative estimate of drug-likeness (QED) is 0.884. The summed E-state index contributed by atoms with van der Waals surface area (Å²) >= 11 is 0. The standard InChI is InChI=1S/C14H20N2O3/c1-3-6-11-10(12(17)18)9-15-13(16-11)14(19-2)7-4-5-8-14/h9H,3-8H2,1-2H3,(H,17,18). The third-order valence-corrected chi connectivity index (χ3v) is 3.79. The SMILES string of the molecule is CCCc1nc(C2(OC)CCCC2)ncc1C(=O)O. The Morgan fingerprint density at radius 3 is 2.68 bits per heavy atom. The third-order valence-electron chi connectivity index (χ3n) is 3.79. The van der Waals surface area contributed by atoms with Crippen LogP contribution in [0.1, 0.15) is 60.9 Å². The van der Waals surface area contributed by atoms with E-state index in [4.69, 9.17) is 9.84 Å². The number of aromatic carboxylic acids is 1. The second-order valence-corrected chi connectivity index (χ2v) is 5.01. The number of carboxylic acids is 1. The second-order valence-electron chi connectivity index (χ2n) is 5.01. The van der Waals surface area contributed by atoms with Gasteiger partial charge in [0.25, 0.3) is 0 Å². The number of methoxy groups -OCH3 is 1. The van der Waals surface area contributed by atoms with E-state index in [0.717, 1.165) is 32.1 Å². The molecule has 1 aromatic heterocycles. The molecule has 2 rings (SSSR count). The Morgan fingerprint density at radius 2 is 2.16 bits per heavy atom. The van der Waals surface area contributed by atoms with Crippen molar-refractivity contribution in [3.63, 3.8) is 0 Å². The van der Waals surface area contributed by atoms with E-state index in [1.54, 1.807) is 7.11 Å². The molecule has 0 atom stereocenters. The normalized spacial score (nSPS) is 17.6. The highest BCUT2D eigenvalue weighted by Crippen LogP contribution is 2.40. The molecule has 0 bridgehead atoms. The zero-order chi connectivity index (χ0) is 13.9. The van der Waals surface area contributed by atoms with E-state index in [1.807, 2.05) is 6.92 Å². The predicted octanol–water partition coefficient (Wildman–Crippen LogP) is 2.54. The molecule has 1 aromatic rings. The fraction of sp³-hybridized carbons (Fsp3) is 0.643. The van der Waals surface area contributed by atoms with Gasteiger partial charge in [0.05, 0.1) is 11.3 Å². The average molecular weight is 264 g/mol. The fourth-order valence-electron chi connectivity index (χ4n) is 2.71. The Morgan fingerprint density at radius 1 is 1.47 bits per heavy atom. The van der Waals surface area contributed by atoms with E-state index in [2.05, 4.69) is 9.97 Å². The molecule has 1 fully saturated rings. The van der Waals surface area contributed by atoms with Gasteiger partial charge in [-0.15, -0.1) is 0 Å². The maximum absolute atomic E-state index is 11.2. The van der Waals surface area contributed by atoms with Crippen LogP contribution in [0.5, 0.6) is 0 Å². The van der Waals surface area contributed by atoms with Crippen molar-refractivity contribution >= 4 is 5.97 Å². The van der Waals surface area contributed by atoms with Crippen molar-refractivity contribution in [3.8, 4) is 0 Å². The molecule has 0 radical (unpaired) electrons. The van der Waals surface area contributed by atoms with E-state index in [9.17, 15) is 4.79 Å². The minimum Gasteiger partial charge on any atom is -0.478 e. The fourth-order valence-corrected chi connectivity index (χ4v) is 2.71. The molecule has 0 unspecified atom stereocenters. The molecule has 0 aromatic carbocycles. The van der Waals surface area contributed by atoms with Gasteiger partial charge in [-0.1, -0.05) is 13.3 Å². The van der Waals surface area contributed by atoms with Crippen LogP contribution < -0.4 is 0 Å². The first-order valence-corrected chi connectivity index (χ1v) is 6.78. The zero-order valence-corrected chi connectivity index (χ0v) is 11.5. The number of rotatable bonds is 5. The molecule has 0 spiro atoms. The molecule has 5 nitrogen and oxygen atoms in total. The van der Waals surface area contributed by atoms with Crippen LogP contribution in [0, 0.1) is 0 Å². The first-order valence-electron chi connectivity index (χ1n) is 6.78. The summed E-state index contributed by atoms with van der Waals surface area (Å²) in [6.45, 7) is 2.01. The molecule has 0 saturated heterocycles. The summed E-state index contributed by atoms with van der Waals surface area (Å²) < 4.78 is 5.65. The Balaban J connectivity index is 2.42. The Bertz CT molecular complexity index is 468. The van der Waals surface area contributed by atoms with E-state index >= 15 is 0 Å². The predicted molar refractivity (Wildman–Crippen MR) is 70.1 cm³/mol. The molecule has 1 saturated carbocycles. The minimum absolute atomic E-state index is 0.204. The van der Waals surface area contributed by atoms with Gasteiger partial charge in [-0.3, -0.25) is 0 Å². The maximum atomic E-state index is 11.2. The van der Waals surface area contributed by atoms with Crippen molar-refractivity contribution in [1.82, 2.24) is 9.97 Å². The highest BCUT2D eigenvalue weighted by Gasteiger charge is 2.38. The van der Waals surface area contributed by atoms with Crippen LogP contribution >= 0.6 is 0 Å². The zero-order valence-electron chi connectivity index (χ0n) is 11.5. The highest BCUT2D eigenvalue weighted by molar-refractivity contribution is 5.88. The van der Waals surface area contributed by atoms with Crippen LogP contribution in [0.2, 0.25) is 0 Å². The lowest BCUT2D eigenvalue weighted by atomic mass is 10.00. The van der Waals surface area contributed by atoms with Gasteiger partial charge in [-0.05, 0) is 32.1 Å². The summed E-state index contributed by atoms with van der Waals surface area (Å²) in [6, 6.07) is 0. The van der Waals surface area contributed by atoms with Crippen molar-refractivity contribution in [2.24, 2.45) is 0 Å². The lowest BCUT2D eigenvalue weighted by Gasteiger charge is -2.26. The van der Waals surface area contributed by atoms with Gasteiger partial charge in [0.15, 0.2) is 5.82 Å². The number of aryl methyl sites for hydroxylation is 1. The van der Waals surface area contributed by atoms with Crippen LogP contribution in [-0.2, 0) is 16.8 Å². The summed E-state index contributed by atoms with van der Waals surface area (Å²) in [5.74, 6) is -0.325. The average Bonchev–Trinajstić information content (AvgIpc) is 2.88. The monoisotopic (exact) mass is 264 g/mol. The van der Waals surface area contributed by atoms with E-state index < -0.39 is 11.6 Å². The summed E-state index contributed by atoms with van der Waals surface area (Å²) in [6.07, 6.45) is 6.94. The molecule has 1 heterocycles. The van der Waals surface area contributed by atoms with Gasteiger partial charge in [-0.25, -0.2) is 14.8 Å². The lowest BCUT2D eigenvalue weighted by Crippen LogP contribution is -2.28. The highest BCUT2D eigenvalue weighted by atomic mass is 16.5. The molecule has 1 aliphatic rings. The van der Waals surface area contributed by atoms with Crippen LogP contribution in [0.25, 0.3) is 0 Å². The number of hydrogen-bond acceptors (Lipinski definition) is 4. The van der Waals surface area contributed by atoms with Crippen molar-refractivity contribution in [1.29, 1.82) is 0 Å². The van der Waals surface area contributed by atoms with Gasteiger partial charge < -0.3 is 9.84 Å². The molecule has 1 N–H and O–H groups in total. The Hall–Kier alpha value is -1.49. The maximum Gasteiger partial charge on any atom is 0.339 e. The smallest absolute Gasteiger partial charge is 0.339 e. The lowest BCUT2D eigenvalue weighted by molar-refractivity contribution is -0.0165. The molecular formula is C14H20N2O3. The minimum atomic E-state index is -0.965. The molecule has 104 valence electrons. The number of carbonyl (C=O) groups is 1. The van der Waals surface area contributed by atoms with E-state index in [1.165, 1.54) is 6.20 Å². The number of nitrogens with zero attached hydrogens (tertiary/aromatic N) is 2. The van der Waals surface area contributed by atoms with Crippen molar-refractivity contribution in [3.05, 3.63) is 23.3 Å². The summed E-state index contributed by atoms with van der Waals surface area (Å²) in [5, 5.41) is 9.16. The molecule has 1 aliphatic carbocycles. The Labute approximate surface area is 113 Å². The van der Waals surface area contributed by atoms with Crippen molar-refractivity contribution in [2.45, 2.75) is 51.0 Å². The third kappa shape index (κ3) is 2.61. The van der Waals surface area contributed by atoms with Crippen molar-refractivity contribution < 1.29 is 14.6 Å². The van der Waals surface area contributed by atoms with E-state index in [0.29, 0.717) is 17.9 Å². The van der Waals surface area contributed by atoms with Crippen LogP contribution in [0.15, 0.2) is 6.20 Å². The molecule has 0 aliphatic heterocycles. The Kier molecular flexibility index (Phi) is 4.14. The van der Waals surface area contributed by atoms with E-state index in [-0.39, 0.29) is 5.56 Å². The van der Waals surface area contributed by atoms with Crippen LogP contribution in [0.4, 0.5) is 0 Å². The first-order chi connectivity index (χ1) is 9.13. The van der Waals surface area contributed by atoms with Gasteiger partial charge >= 0.3 is 5.97 Å². The molecular weight excluding hydrogens is 244 g/mol. The first kappa shape index (κ1) is 13.9. The van der Waals surface area contributed by atoms with Gasteiger partial charge in [0.2, 0.25) is 0 Å². The largest absolute Gasteiger partial charge is 0.478 e. The number of carboxylic acid groups (broad SMARTS) is 1. The van der Waals surface area contributed by atoms with Gasteiger partial charge in [0.1, 0.15) is 5.60 Å². The topological polar surface area (TPSA) is 72.3 Å². The van der Waals surface area contributed by atoms with Gasteiger partial charge in [0, 0.05) is 13.3 Å². The summed E-state index contributed by atoms with van der Waals surface area (Å²) in [4.78, 5) is 19.9. The van der Waals surface area contributed by atoms with Crippen molar-refractivity contribution in [2.75, 3.05) is 7.11 Å². The summed E-state index contributed by atoms with van der Waals surface area (Å²) in [5.41, 5.74) is 0.401. The number of hydrogen-bond donors (Lipinski definition) is 1. The molecule has 19 heavy (non-hydrogen) atoms.